The van der Waals surface area contributed by atoms with E-state index in [1.807, 2.05) is 36.4 Å². The Morgan fingerprint density at radius 1 is 1.25 bits per heavy atom. The highest BCUT2D eigenvalue weighted by atomic mass is 16.7. The lowest BCUT2D eigenvalue weighted by atomic mass is 10.1. The van der Waals surface area contributed by atoms with Crippen LogP contribution in [0.4, 0.5) is 0 Å². The molecular formula is C13H18O3. The van der Waals surface area contributed by atoms with Gasteiger partial charge < -0.3 is 14.6 Å². The average molecular weight is 222 g/mol. The number of hydrogen-bond acceptors (Lipinski definition) is 3. The first-order valence-electron chi connectivity index (χ1n) is 5.25. The van der Waals surface area contributed by atoms with Gasteiger partial charge in [-0.15, -0.1) is 0 Å². The van der Waals surface area contributed by atoms with Gasteiger partial charge in [0.2, 0.25) is 0 Å². The molecule has 0 unspecified atom stereocenters. The number of methoxy groups -OCH3 is 2. The second-order valence-corrected chi connectivity index (χ2v) is 3.35. The minimum absolute atomic E-state index is 0.163. The van der Waals surface area contributed by atoms with Gasteiger partial charge in [-0.1, -0.05) is 36.4 Å². The molecule has 1 N–H and O–H groups in total. The zero-order valence-electron chi connectivity index (χ0n) is 9.72. The Kier molecular flexibility index (Phi) is 5.78. The molecule has 0 aromatic heterocycles. The highest BCUT2D eigenvalue weighted by molar-refractivity contribution is 5.54. The van der Waals surface area contributed by atoms with Crippen molar-refractivity contribution in [1.29, 1.82) is 0 Å². The standard InChI is InChI=1S/C13H18O3/c1-15-13(16-2)12-9-4-3-7-11(12)8-5-6-10-14/h3-5,7-9,13-14H,6,10H2,1-2H3. The maximum Gasteiger partial charge on any atom is 0.183 e. The molecule has 0 saturated heterocycles. The van der Waals surface area contributed by atoms with Gasteiger partial charge in [-0.25, -0.2) is 0 Å². The first-order chi connectivity index (χ1) is 7.83. The van der Waals surface area contributed by atoms with E-state index in [2.05, 4.69) is 0 Å². The lowest BCUT2D eigenvalue weighted by Gasteiger charge is -2.15. The second kappa shape index (κ2) is 7.17. The van der Waals surface area contributed by atoms with Crippen molar-refractivity contribution in [3.63, 3.8) is 0 Å². The number of hydrogen-bond donors (Lipinski definition) is 1. The van der Waals surface area contributed by atoms with Crippen LogP contribution in [0, 0.1) is 0 Å². The van der Waals surface area contributed by atoms with Gasteiger partial charge in [0.05, 0.1) is 0 Å². The first-order valence-corrected chi connectivity index (χ1v) is 5.25. The molecule has 0 amide bonds. The van der Waals surface area contributed by atoms with E-state index in [-0.39, 0.29) is 12.9 Å². The maximum atomic E-state index is 8.71. The molecule has 0 radical (unpaired) electrons. The van der Waals surface area contributed by atoms with Crippen LogP contribution < -0.4 is 0 Å². The van der Waals surface area contributed by atoms with Crippen LogP contribution in [0.2, 0.25) is 0 Å². The highest BCUT2D eigenvalue weighted by Crippen LogP contribution is 2.22. The molecule has 0 spiro atoms. The van der Waals surface area contributed by atoms with Crippen molar-refractivity contribution in [2.75, 3.05) is 20.8 Å². The lowest BCUT2D eigenvalue weighted by Crippen LogP contribution is -2.05. The van der Waals surface area contributed by atoms with Crippen molar-refractivity contribution in [1.82, 2.24) is 0 Å². The van der Waals surface area contributed by atoms with Gasteiger partial charge >= 0.3 is 0 Å². The third-order valence-corrected chi connectivity index (χ3v) is 2.27. The molecule has 3 nitrogen and oxygen atoms in total. The van der Waals surface area contributed by atoms with E-state index in [0.717, 1.165) is 11.1 Å². The molecule has 1 rings (SSSR count). The Hall–Kier alpha value is -1.16. The molecular weight excluding hydrogens is 204 g/mol. The Morgan fingerprint density at radius 2 is 1.94 bits per heavy atom. The van der Waals surface area contributed by atoms with Crippen LogP contribution in [0.5, 0.6) is 0 Å². The Labute approximate surface area is 96.3 Å². The van der Waals surface area contributed by atoms with Crippen molar-refractivity contribution in [2.45, 2.75) is 12.7 Å². The lowest BCUT2D eigenvalue weighted by molar-refractivity contribution is -0.106. The van der Waals surface area contributed by atoms with E-state index in [4.69, 9.17) is 14.6 Å². The van der Waals surface area contributed by atoms with E-state index < -0.39 is 0 Å². The Bertz CT molecular complexity index is 330. The molecule has 0 fully saturated rings. The highest BCUT2D eigenvalue weighted by Gasteiger charge is 2.11. The summed E-state index contributed by atoms with van der Waals surface area (Å²) in [5.41, 5.74) is 2.03. The second-order valence-electron chi connectivity index (χ2n) is 3.35. The van der Waals surface area contributed by atoms with Crippen LogP contribution >= 0.6 is 0 Å². The first kappa shape index (κ1) is 12.9. The topological polar surface area (TPSA) is 38.7 Å². The van der Waals surface area contributed by atoms with Crippen LogP contribution in [-0.4, -0.2) is 25.9 Å². The molecule has 88 valence electrons. The van der Waals surface area contributed by atoms with Crippen LogP contribution in [-0.2, 0) is 9.47 Å². The predicted octanol–water partition coefficient (Wildman–Crippen LogP) is 2.37. The zero-order valence-corrected chi connectivity index (χ0v) is 9.72. The summed E-state index contributed by atoms with van der Waals surface area (Å²) in [6.45, 7) is 0.163. The van der Waals surface area contributed by atoms with Crippen molar-refractivity contribution in [3.8, 4) is 0 Å². The molecule has 1 aromatic carbocycles. The molecule has 0 aliphatic rings. The number of ether oxygens (including phenoxy) is 2. The fourth-order valence-electron chi connectivity index (χ4n) is 1.51. The average Bonchev–Trinajstić information content (AvgIpc) is 2.33. The summed E-state index contributed by atoms with van der Waals surface area (Å²) >= 11 is 0. The van der Waals surface area contributed by atoms with Gasteiger partial charge in [0.25, 0.3) is 0 Å². The molecule has 0 aliphatic carbocycles. The van der Waals surface area contributed by atoms with Crippen molar-refractivity contribution in [2.24, 2.45) is 0 Å². The number of aliphatic hydroxyl groups excluding tert-OH is 1. The summed E-state index contributed by atoms with van der Waals surface area (Å²) in [5, 5.41) is 8.71. The quantitative estimate of drug-likeness (QED) is 0.751. The third-order valence-electron chi connectivity index (χ3n) is 2.27. The fraction of sp³-hybridized carbons (Fsp3) is 0.385. The molecule has 0 heterocycles. The number of aliphatic hydroxyl groups is 1. The SMILES string of the molecule is COC(OC)c1ccccc1C=CCCO. The molecule has 0 aliphatic heterocycles. The smallest absolute Gasteiger partial charge is 0.183 e. The summed E-state index contributed by atoms with van der Waals surface area (Å²) in [4.78, 5) is 0. The summed E-state index contributed by atoms with van der Waals surface area (Å²) in [6.07, 6.45) is 4.20. The van der Waals surface area contributed by atoms with Crippen molar-refractivity contribution in [3.05, 3.63) is 41.5 Å². The minimum Gasteiger partial charge on any atom is -0.396 e. The van der Waals surface area contributed by atoms with Gasteiger partial charge in [-0.2, -0.15) is 0 Å². The summed E-state index contributed by atoms with van der Waals surface area (Å²) in [7, 11) is 3.23. The van der Waals surface area contributed by atoms with Crippen LogP contribution in [0.1, 0.15) is 23.8 Å². The summed E-state index contributed by atoms with van der Waals surface area (Å²) < 4.78 is 10.5. The zero-order chi connectivity index (χ0) is 11.8. The number of benzene rings is 1. The molecule has 0 saturated carbocycles. The van der Waals surface area contributed by atoms with Crippen LogP contribution in [0.3, 0.4) is 0 Å². The van der Waals surface area contributed by atoms with E-state index in [9.17, 15) is 0 Å². The van der Waals surface area contributed by atoms with Gasteiger partial charge in [-0.05, 0) is 12.0 Å². The molecule has 3 heteroatoms. The van der Waals surface area contributed by atoms with E-state index >= 15 is 0 Å². The fourth-order valence-corrected chi connectivity index (χ4v) is 1.51. The largest absolute Gasteiger partial charge is 0.396 e. The van der Waals surface area contributed by atoms with Gasteiger partial charge in [0.15, 0.2) is 6.29 Å². The van der Waals surface area contributed by atoms with Crippen molar-refractivity contribution < 1.29 is 14.6 Å². The minimum atomic E-state index is -0.352. The third kappa shape index (κ3) is 3.45. The normalized spacial score (nSPS) is 11.5. The number of rotatable bonds is 6. The van der Waals surface area contributed by atoms with Crippen LogP contribution in [0.15, 0.2) is 30.3 Å². The van der Waals surface area contributed by atoms with Crippen molar-refractivity contribution >= 4 is 6.08 Å². The maximum absolute atomic E-state index is 8.71. The summed E-state index contributed by atoms with van der Waals surface area (Å²) in [6, 6.07) is 7.87. The van der Waals surface area contributed by atoms with Gasteiger partial charge in [-0.3, -0.25) is 0 Å². The van der Waals surface area contributed by atoms with E-state index in [1.165, 1.54) is 0 Å². The monoisotopic (exact) mass is 222 g/mol. The van der Waals surface area contributed by atoms with E-state index in [1.54, 1.807) is 14.2 Å². The Morgan fingerprint density at radius 3 is 2.56 bits per heavy atom. The molecule has 0 atom stereocenters. The molecule has 16 heavy (non-hydrogen) atoms. The summed E-state index contributed by atoms with van der Waals surface area (Å²) in [5.74, 6) is 0. The Balaban J connectivity index is 2.90. The predicted molar refractivity (Wildman–Crippen MR) is 63.9 cm³/mol. The van der Waals surface area contributed by atoms with Crippen LogP contribution in [0.25, 0.3) is 6.08 Å². The van der Waals surface area contributed by atoms with E-state index in [0.29, 0.717) is 6.42 Å². The molecule has 0 bridgehead atoms. The molecule has 1 aromatic rings. The van der Waals surface area contributed by atoms with Gasteiger partial charge in [0.1, 0.15) is 0 Å². The van der Waals surface area contributed by atoms with Gasteiger partial charge in [0, 0.05) is 26.4 Å².